The predicted molar refractivity (Wildman–Crippen MR) is 84.4 cm³/mol. The number of hydrogen-bond donors (Lipinski definition) is 1. The lowest BCUT2D eigenvalue weighted by atomic mass is 10.1. The number of rotatable bonds is 5. The second-order valence-corrected chi connectivity index (χ2v) is 5.00. The van der Waals surface area contributed by atoms with Crippen LogP contribution in [-0.4, -0.2) is 25.1 Å². The van der Waals surface area contributed by atoms with E-state index in [0.29, 0.717) is 28.3 Å². The quantitative estimate of drug-likeness (QED) is 0.511. The van der Waals surface area contributed by atoms with Crippen molar-refractivity contribution in [2.75, 3.05) is 19.5 Å². The number of methoxy groups -OCH3 is 2. The molecule has 0 saturated heterocycles. The highest BCUT2D eigenvalue weighted by Gasteiger charge is 2.35. The second-order valence-electron chi connectivity index (χ2n) is 5.00. The summed E-state index contributed by atoms with van der Waals surface area (Å²) in [5.74, 6) is 0.220. The number of esters is 1. The molecule has 2 aromatic rings. The topological polar surface area (TPSA) is 99.9 Å². The van der Waals surface area contributed by atoms with Crippen molar-refractivity contribution in [1.82, 2.24) is 0 Å². The number of carbonyl (C=O) groups is 1. The summed E-state index contributed by atoms with van der Waals surface area (Å²) in [7, 11) is 2.93. The fourth-order valence-corrected chi connectivity index (χ4v) is 2.54. The largest absolute Gasteiger partial charge is 0.493 e. The number of cyclic esters (lactones) is 1. The van der Waals surface area contributed by atoms with E-state index in [1.54, 1.807) is 24.3 Å². The first kappa shape index (κ1) is 15.6. The van der Waals surface area contributed by atoms with E-state index >= 15 is 0 Å². The Morgan fingerprint density at radius 2 is 1.83 bits per heavy atom. The molecular formula is C16H14N2O6. The van der Waals surface area contributed by atoms with Crippen LogP contribution in [0.1, 0.15) is 22.1 Å². The van der Waals surface area contributed by atoms with Gasteiger partial charge in [-0.1, -0.05) is 0 Å². The molecule has 0 aromatic heterocycles. The smallest absolute Gasteiger partial charge is 0.344 e. The van der Waals surface area contributed by atoms with Crippen LogP contribution in [0.3, 0.4) is 0 Å². The van der Waals surface area contributed by atoms with Gasteiger partial charge in [-0.2, -0.15) is 0 Å². The van der Waals surface area contributed by atoms with E-state index in [-0.39, 0.29) is 5.69 Å². The molecule has 0 aliphatic carbocycles. The summed E-state index contributed by atoms with van der Waals surface area (Å²) >= 11 is 0. The lowest BCUT2D eigenvalue weighted by Crippen LogP contribution is -2.10. The zero-order valence-electron chi connectivity index (χ0n) is 12.9. The molecule has 8 heteroatoms. The van der Waals surface area contributed by atoms with E-state index in [1.165, 1.54) is 26.4 Å². The molecule has 2 aromatic carbocycles. The van der Waals surface area contributed by atoms with Crippen LogP contribution in [-0.2, 0) is 4.74 Å². The fraction of sp³-hybridized carbons (Fsp3) is 0.188. The van der Waals surface area contributed by atoms with E-state index in [9.17, 15) is 14.9 Å². The fourth-order valence-electron chi connectivity index (χ4n) is 2.54. The number of carbonyl (C=O) groups excluding carboxylic acids is 1. The van der Waals surface area contributed by atoms with Crippen molar-refractivity contribution in [1.29, 1.82) is 0 Å². The number of nitrogens with one attached hydrogen (secondary N) is 1. The Morgan fingerprint density at radius 3 is 2.42 bits per heavy atom. The van der Waals surface area contributed by atoms with Crippen LogP contribution in [0, 0.1) is 10.1 Å². The monoisotopic (exact) mass is 330 g/mol. The Morgan fingerprint density at radius 1 is 1.12 bits per heavy atom. The Bertz CT molecular complexity index is 803. The van der Waals surface area contributed by atoms with E-state index in [0.717, 1.165) is 0 Å². The summed E-state index contributed by atoms with van der Waals surface area (Å²) in [5, 5.41) is 13.7. The van der Waals surface area contributed by atoms with Crippen LogP contribution in [0.25, 0.3) is 0 Å². The van der Waals surface area contributed by atoms with Gasteiger partial charge in [0, 0.05) is 23.4 Å². The zero-order valence-corrected chi connectivity index (χ0v) is 12.9. The number of fused-ring (bicyclic) bond motifs is 1. The first-order valence-corrected chi connectivity index (χ1v) is 7.02. The molecule has 1 aliphatic rings. The normalized spacial score (nSPS) is 15.4. The van der Waals surface area contributed by atoms with Crippen LogP contribution in [0.15, 0.2) is 36.4 Å². The van der Waals surface area contributed by atoms with Gasteiger partial charge in [0.15, 0.2) is 11.5 Å². The first-order chi connectivity index (χ1) is 11.5. The van der Waals surface area contributed by atoms with Gasteiger partial charge in [-0.3, -0.25) is 10.1 Å². The molecule has 124 valence electrons. The molecule has 0 bridgehead atoms. The molecule has 0 spiro atoms. The van der Waals surface area contributed by atoms with Crippen molar-refractivity contribution >= 4 is 17.3 Å². The molecule has 1 N–H and O–H groups in total. The molecule has 1 unspecified atom stereocenters. The number of hydrogen-bond acceptors (Lipinski definition) is 7. The van der Waals surface area contributed by atoms with Crippen LogP contribution < -0.4 is 14.8 Å². The number of ether oxygens (including phenoxy) is 3. The average molecular weight is 330 g/mol. The average Bonchev–Trinajstić information content (AvgIpc) is 2.90. The van der Waals surface area contributed by atoms with Gasteiger partial charge in [-0.15, -0.1) is 0 Å². The molecular weight excluding hydrogens is 316 g/mol. The molecule has 1 aliphatic heterocycles. The maximum absolute atomic E-state index is 12.2. The molecule has 0 radical (unpaired) electrons. The Hall–Kier alpha value is -3.29. The molecule has 1 heterocycles. The van der Waals surface area contributed by atoms with Gasteiger partial charge in [-0.05, 0) is 24.3 Å². The number of nitro benzene ring substituents is 1. The number of nitrogens with zero attached hydrogens (tertiary/aromatic N) is 1. The van der Waals surface area contributed by atoms with E-state index in [2.05, 4.69) is 5.32 Å². The highest BCUT2D eigenvalue weighted by molar-refractivity contribution is 5.98. The summed E-state index contributed by atoms with van der Waals surface area (Å²) in [5.41, 5.74) is 1.48. The Balaban J connectivity index is 1.91. The highest BCUT2D eigenvalue weighted by Crippen LogP contribution is 2.42. The maximum Gasteiger partial charge on any atom is 0.344 e. The summed E-state index contributed by atoms with van der Waals surface area (Å²) in [6.45, 7) is 0. The van der Waals surface area contributed by atoms with Crippen molar-refractivity contribution in [3.63, 3.8) is 0 Å². The molecule has 24 heavy (non-hydrogen) atoms. The van der Waals surface area contributed by atoms with Crippen LogP contribution in [0.2, 0.25) is 0 Å². The molecule has 0 saturated carbocycles. The summed E-state index contributed by atoms with van der Waals surface area (Å²) in [6.07, 6.45) is -0.714. The van der Waals surface area contributed by atoms with Gasteiger partial charge in [0.05, 0.1) is 19.1 Å². The van der Waals surface area contributed by atoms with E-state index in [4.69, 9.17) is 14.2 Å². The van der Waals surface area contributed by atoms with Crippen molar-refractivity contribution in [2.24, 2.45) is 0 Å². The Labute approximate surface area is 137 Å². The zero-order chi connectivity index (χ0) is 17.3. The highest BCUT2D eigenvalue weighted by atomic mass is 16.6. The third-order valence-corrected chi connectivity index (χ3v) is 3.67. The first-order valence-electron chi connectivity index (χ1n) is 7.02. The van der Waals surface area contributed by atoms with Crippen LogP contribution in [0.5, 0.6) is 11.5 Å². The molecule has 8 nitrogen and oxygen atoms in total. The predicted octanol–water partition coefficient (Wildman–Crippen LogP) is 2.89. The van der Waals surface area contributed by atoms with Crippen molar-refractivity contribution in [2.45, 2.75) is 6.23 Å². The van der Waals surface area contributed by atoms with Gasteiger partial charge in [0.25, 0.3) is 5.69 Å². The van der Waals surface area contributed by atoms with Gasteiger partial charge < -0.3 is 19.5 Å². The van der Waals surface area contributed by atoms with Crippen LogP contribution >= 0.6 is 0 Å². The molecule has 0 amide bonds. The molecule has 0 fully saturated rings. The van der Waals surface area contributed by atoms with Gasteiger partial charge in [-0.25, -0.2) is 4.79 Å². The lowest BCUT2D eigenvalue weighted by molar-refractivity contribution is -0.384. The maximum atomic E-state index is 12.2. The number of non-ortho nitro benzene ring substituents is 1. The van der Waals surface area contributed by atoms with Crippen molar-refractivity contribution in [3.8, 4) is 11.5 Å². The standard InChI is InChI=1S/C16H14N2O6/c1-22-12-8-7-11-13(14(12)23-2)16(19)24-15(11)17-9-3-5-10(6-4-9)18(20)21/h3-8,15,17H,1-2H3. The SMILES string of the molecule is COc1ccc2c(c1OC)C(=O)OC2Nc1ccc([N+](=O)[O-])cc1. The number of anilines is 1. The van der Waals surface area contributed by atoms with Gasteiger partial charge >= 0.3 is 5.97 Å². The van der Waals surface area contributed by atoms with Crippen molar-refractivity contribution < 1.29 is 23.9 Å². The summed E-state index contributed by atoms with van der Waals surface area (Å²) < 4.78 is 15.8. The minimum atomic E-state index is -0.714. The second kappa shape index (κ2) is 6.07. The van der Waals surface area contributed by atoms with E-state index < -0.39 is 17.1 Å². The molecule has 3 rings (SSSR count). The van der Waals surface area contributed by atoms with Crippen molar-refractivity contribution in [3.05, 3.63) is 57.6 Å². The summed E-state index contributed by atoms with van der Waals surface area (Å²) in [6, 6.07) is 9.23. The minimum Gasteiger partial charge on any atom is -0.493 e. The molecule has 1 atom stereocenters. The summed E-state index contributed by atoms with van der Waals surface area (Å²) in [4.78, 5) is 22.4. The Kier molecular flexibility index (Phi) is 3.95. The third kappa shape index (κ3) is 2.58. The van der Waals surface area contributed by atoms with Gasteiger partial charge in [0.2, 0.25) is 6.23 Å². The lowest BCUT2D eigenvalue weighted by Gasteiger charge is -2.15. The number of benzene rings is 2. The third-order valence-electron chi connectivity index (χ3n) is 3.67. The van der Waals surface area contributed by atoms with E-state index in [1.807, 2.05) is 0 Å². The number of nitro groups is 1. The van der Waals surface area contributed by atoms with Crippen LogP contribution in [0.4, 0.5) is 11.4 Å². The van der Waals surface area contributed by atoms with Gasteiger partial charge in [0.1, 0.15) is 5.56 Å². The minimum absolute atomic E-state index is 0.0178.